The molecule has 1 atom stereocenters. The lowest BCUT2D eigenvalue weighted by atomic mass is 10.0. The third kappa shape index (κ3) is 3.09. The topological polar surface area (TPSA) is 62.1 Å². The molecule has 1 aromatic rings. The van der Waals surface area contributed by atoms with E-state index in [9.17, 15) is 4.79 Å². The standard InChI is InChI=1S/C13H13BrN2O2/c14-12-6-11(4-3-9(12)7-15)16-13(17)10-2-1-5-18-8-10/h3-4,6,10H,1-2,5,8H2,(H,16,17). The molecule has 94 valence electrons. The summed E-state index contributed by atoms with van der Waals surface area (Å²) in [5, 5.41) is 11.7. The molecule has 18 heavy (non-hydrogen) atoms. The van der Waals surface area contributed by atoms with Crippen LogP contribution in [-0.2, 0) is 9.53 Å². The number of halogens is 1. The van der Waals surface area contributed by atoms with Crippen LogP contribution in [0.4, 0.5) is 5.69 Å². The molecule has 1 N–H and O–H groups in total. The van der Waals surface area contributed by atoms with Crippen LogP contribution < -0.4 is 5.32 Å². The van der Waals surface area contributed by atoms with E-state index in [1.807, 2.05) is 0 Å². The first-order valence-electron chi connectivity index (χ1n) is 5.79. The van der Waals surface area contributed by atoms with Crippen LogP contribution in [0.3, 0.4) is 0 Å². The number of hydrogen-bond donors (Lipinski definition) is 1. The van der Waals surface area contributed by atoms with Gasteiger partial charge in [0.05, 0.1) is 18.1 Å². The van der Waals surface area contributed by atoms with Gasteiger partial charge in [-0.05, 0) is 47.0 Å². The summed E-state index contributed by atoms with van der Waals surface area (Å²) in [5.41, 5.74) is 1.24. The number of anilines is 1. The minimum absolute atomic E-state index is 0.0219. The first-order chi connectivity index (χ1) is 8.70. The van der Waals surface area contributed by atoms with Gasteiger partial charge in [0.2, 0.25) is 5.91 Å². The Balaban J connectivity index is 2.02. The zero-order valence-electron chi connectivity index (χ0n) is 9.78. The summed E-state index contributed by atoms with van der Waals surface area (Å²) in [6.07, 6.45) is 1.79. The number of hydrogen-bond acceptors (Lipinski definition) is 3. The van der Waals surface area contributed by atoms with Gasteiger partial charge in [-0.25, -0.2) is 0 Å². The molecular formula is C13H13BrN2O2. The fourth-order valence-electron chi connectivity index (χ4n) is 1.88. The predicted octanol–water partition coefficient (Wildman–Crippen LogP) is 2.69. The highest BCUT2D eigenvalue weighted by atomic mass is 79.9. The molecular weight excluding hydrogens is 296 g/mol. The molecule has 1 heterocycles. The molecule has 1 amide bonds. The van der Waals surface area contributed by atoms with Crippen molar-refractivity contribution in [3.63, 3.8) is 0 Å². The summed E-state index contributed by atoms with van der Waals surface area (Å²) in [6.45, 7) is 1.23. The normalized spacial score (nSPS) is 19.0. The van der Waals surface area contributed by atoms with E-state index in [-0.39, 0.29) is 11.8 Å². The lowest BCUT2D eigenvalue weighted by Crippen LogP contribution is -2.30. The monoisotopic (exact) mass is 308 g/mol. The van der Waals surface area contributed by atoms with E-state index in [0.717, 1.165) is 19.4 Å². The highest BCUT2D eigenvalue weighted by Crippen LogP contribution is 2.22. The largest absolute Gasteiger partial charge is 0.381 e. The zero-order valence-corrected chi connectivity index (χ0v) is 11.4. The van der Waals surface area contributed by atoms with Crippen molar-refractivity contribution >= 4 is 27.5 Å². The average molecular weight is 309 g/mol. The summed E-state index contributed by atoms with van der Waals surface area (Å²) in [5.74, 6) is -0.0977. The van der Waals surface area contributed by atoms with Gasteiger partial charge in [-0.2, -0.15) is 5.26 Å². The molecule has 0 aromatic heterocycles. The minimum atomic E-state index is -0.0758. The maximum Gasteiger partial charge on any atom is 0.229 e. The van der Waals surface area contributed by atoms with E-state index in [1.54, 1.807) is 18.2 Å². The molecule has 2 rings (SSSR count). The number of nitrogens with zero attached hydrogens (tertiary/aromatic N) is 1. The Kier molecular flexibility index (Phi) is 4.34. The molecule has 1 aliphatic rings. The van der Waals surface area contributed by atoms with Gasteiger partial charge in [0.1, 0.15) is 6.07 Å². The van der Waals surface area contributed by atoms with Crippen molar-refractivity contribution in [2.75, 3.05) is 18.5 Å². The second-order valence-corrected chi connectivity index (χ2v) is 5.06. The van der Waals surface area contributed by atoms with Crippen LogP contribution in [0.5, 0.6) is 0 Å². The van der Waals surface area contributed by atoms with Crippen molar-refractivity contribution in [3.05, 3.63) is 28.2 Å². The van der Waals surface area contributed by atoms with E-state index >= 15 is 0 Å². The van der Waals surface area contributed by atoms with Crippen molar-refractivity contribution < 1.29 is 9.53 Å². The Morgan fingerprint density at radius 3 is 3.00 bits per heavy atom. The van der Waals surface area contributed by atoms with E-state index in [2.05, 4.69) is 27.3 Å². The van der Waals surface area contributed by atoms with Crippen LogP contribution in [0.15, 0.2) is 22.7 Å². The molecule has 0 radical (unpaired) electrons. The number of carbonyl (C=O) groups is 1. The molecule has 1 aliphatic heterocycles. The first kappa shape index (κ1) is 13.1. The molecule has 1 aromatic carbocycles. The Morgan fingerprint density at radius 1 is 1.56 bits per heavy atom. The number of nitrogens with one attached hydrogen (secondary N) is 1. The predicted molar refractivity (Wildman–Crippen MR) is 71.0 cm³/mol. The molecule has 1 unspecified atom stereocenters. The van der Waals surface area contributed by atoms with E-state index in [4.69, 9.17) is 10.00 Å². The molecule has 5 heteroatoms. The molecule has 1 fully saturated rings. The maximum absolute atomic E-state index is 12.0. The van der Waals surface area contributed by atoms with Crippen LogP contribution in [-0.4, -0.2) is 19.1 Å². The number of rotatable bonds is 2. The third-order valence-electron chi connectivity index (χ3n) is 2.89. The lowest BCUT2D eigenvalue weighted by Gasteiger charge is -2.21. The van der Waals surface area contributed by atoms with Crippen molar-refractivity contribution in [1.82, 2.24) is 0 Å². The number of benzene rings is 1. The number of ether oxygens (including phenoxy) is 1. The van der Waals surface area contributed by atoms with E-state index < -0.39 is 0 Å². The maximum atomic E-state index is 12.0. The Morgan fingerprint density at radius 2 is 2.39 bits per heavy atom. The van der Waals surface area contributed by atoms with Gasteiger partial charge >= 0.3 is 0 Å². The molecule has 1 saturated heterocycles. The Hall–Kier alpha value is -1.38. The van der Waals surface area contributed by atoms with Crippen LogP contribution in [0.25, 0.3) is 0 Å². The van der Waals surface area contributed by atoms with Crippen molar-refractivity contribution in [2.24, 2.45) is 5.92 Å². The highest BCUT2D eigenvalue weighted by molar-refractivity contribution is 9.10. The Labute approximate surface area is 114 Å². The fourth-order valence-corrected chi connectivity index (χ4v) is 2.34. The molecule has 4 nitrogen and oxygen atoms in total. The van der Waals surface area contributed by atoms with Gasteiger partial charge in [-0.3, -0.25) is 4.79 Å². The van der Waals surface area contributed by atoms with Gasteiger partial charge in [-0.15, -0.1) is 0 Å². The fraction of sp³-hybridized carbons (Fsp3) is 0.385. The number of amides is 1. The molecule has 0 aliphatic carbocycles. The highest BCUT2D eigenvalue weighted by Gasteiger charge is 2.21. The van der Waals surface area contributed by atoms with Crippen LogP contribution >= 0.6 is 15.9 Å². The Bertz CT molecular complexity index is 490. The van der Waals surface area contributed by atoms with Crippen molar-refractivity contribution in [3.8, 4) is 6.07 Å². The minimum Gasteiger partial charge on any atom is -0.381 e. The molecule has 0 spiro atoms. The van der Waals surface area contributed by atoms with Gasteiger partial charge in [0.25, 0.3) is 0 Å². The lowest BCUT2D eigenvalue weighted by molar-refractivity contribution is -0.123. The summed E-state index contributed by atoms with van der Waals surface area (Å²) >= 11 is 3.29. The van der Waals surface area contributed by atoms with Crippen LogP contribution in [0.1, 0.15) is 18.4 Å². The average Bonchev–Trinajstić information content (AvgIpc) is 2.40. The SMILES string of the molecule is N#Cc1ccc(NC(=O)C2CCCOC2)cc1Br. The second kappa shape index (κ2) is 5.98. The second-order valence-electron chi connectivity index (χ2n) is 4.21. The smallest absolute Gasteiger partial charge is 0.229 e. The van der Waals surface area contributed by atoms with Crippen LogP contribution in [0, 0.1) is 17.2 Å². The third-order valence-corrected chi connectivity index (χ3v) is 3.54. The van der Waals surface area contributed by atoms with Crippen molar-refractivity contribution in [1.29, 1.82) is 5.26 Å². The zero-order chi connectivity index (χ0) is 13.0. The van der Waals surface area contributed by atoms with Crippen LogP contribution in [0.2, 0.25) is 0 Å². The van der Waals surface area contributed by atoms with E-state index in [0.29, 0.717) is 22.3 Å². The summed E-state index contributed by atoms with van der Waals surface area (Å²) in [6, 6.07) is 7.20. The van der Waals surface area contributed by atoms with Gasteiger partial charge < -0.3 is 10.1 Å². The summed E-state index contributed by atoms with van der Waals surface area (Å²) in [7, 11) is 0. The number of nitriles is 1. The summed E-state index contributed by atoms with van der Waals surface area (Å²) in [4.78, 5) is 12.0. The van der Waals surface area contributed by atoms with Gasteiger partial charge in [0.15, 0.2) is 0 Å². The first-order valence-corrected chi connectivity index (χ1v) is 6.58. The molecule has 0 saturated carbocycles. The molecule has 0 bridgehead atoms. The van der Waals surface area contributed by atoms with Gasteiger partial charge in [-0.1, -0.05) is 0 Å². The van der Waals surface area contributed by atoms with Gasteiger partial charge in [0, 0.05) is 16.8 Å². The van der Waals surface area contributed by atoms with Crippen molar-refractivity contribution in [2.45, 2.75) is 12.8 Å². The summed E-state index contributed by atoms with van der Waals surface area (Å²) < 4.78 is 5.97. The quantitative estimate of drug-likeness (QED) is 0.913. The number of carbonyl (C=O) groups excluding carboxylic acids is 1. The van der Waals surface area contributed by atoms with E-state index in [1.165, 1.54) is 0 Å².